The molecule has 21 heavy (non-hydrogen) atoms. The van der Waals surface area contributed by atoms with Crippen LogP contribution in [0, 0.1) is 0 Å². The molecule has 0 atom stereocenters. The van der Waals surface area contributed by atoms with E-state index in [2.05, 4.69) is 5.10 Å². The van der Waals surface area contributed by atoms with Crippen molar-refractivity contribution in [3.63, 3.8) is 0 Å². The average molecular weight is 301 g/mol. The van der Waals surface area contributed by atoms with E-state index < -0.39 is 23.7 Å². The highest BCUT2D eigenvalue weighted by Crippen LogP contribution is 2.27. The van der Waals surface area contributed by atoms with Gasteiger partial charge in [-0.05, 0) is 24.1 Å². The molecule has 0 saturated heterocycles. The summed E-state index contributed by atoms with van der Waals surface area (Å²) in [7, 11) is 0. The number of carbonyl (C=O) groups is 1. The molecule has 0 aliphatic heterocycles. The predicted octanol–water partition coefficient (Wildman–Crippen LogP) is 1.60. The number of hydrogen-bond donors (Lipinski definition) is 2. The summed E-state index contributed by atoms with van der Waals surface area (Å²) in [6, 6.07) is 5.56. The van der Waals surface area contributed by atoms with Gasteiger partial charge in [0, 0.05) is 6.42 Å². The molecular weight excluding hydrogens is 291 g/mol. The second-order valence-corrected chi connectivity index (χ2v) is 4.25. The van der Waals surface area contributed by atoms with E-state index in [9.17, 15) is 22.8 Å². The fourth-order valence-corrected chi connectivity index (χ4v) is 1.79. The van der Waals surface area contributed by atoms with E-state index in [1.165, 1.54) is 24.3 Å². The van der Waals surface area contributed by atoms with Gasteiger partial charge >= 0.3 is 17.8 Å². The van der Waals surface area contributed by atoms with Gasteiger partial charge in [-0.1, -0.05) is 12.1 Å². The number of nitrogens with zero attached hydrogens (tertiary/aromatic N) is 2. The third-order valence-electron chi connectivity index (χ3n) is 2.75. The summed E-state index contributed by atoms with van der Waals surface area (Å²) in [6.07, 6.45) is -4.60. The lowest BCUT2D eigenvalue weighted by molar-refractivity contribution is -0.146. The summed E-state index contributed by atoms with van der Waals surface area (Å²) in [6.45, 7) is 0. The molecule has 0 unspecified atom stereocenters. The summed E-state index contributed by atoms with van der Waals surface area (Å²) in [5.41, 5.74) is -0.355. The van der Waals surface area contributed by atoms with Crippen LogP contribution in [0.1, 0.15) is 17.8 Å². The number of carboxylic acids is 1. The summed E-state index contributed by atoms with van der Waals surface area (Å²) < 4.78 is 38.6. The first-order chi connectivity index (χ1) is 9.79. The van der Waals surface area contributed by atoms with Crippen LogP contribution in [-0.2, 0) is 17.4 Å². The molecule has 0 radical (unpaired) electrons. The molecule has 0 aliphatic carbocycles. The number of halogens is 3. The van der Waals surface area contributed by atoms with Gasteiger partial charge in [0.15, 0.2) is 0 Å². The van der Waals surface area contributed by atoms with Gasteiger partial charge in [0.1, 0.15) is 0 Å². The van der Waals surface area contributed by atoms with E-state index in [1.54, 1.807) is 5.10 Å². The number of benzene rings is 1. The molecule has 0 aliphatic rings. The van der Waals surface area contributed by atoms with E-state index in [0.29, 0.717) is 10.1 Å². The Morgan fingerprint density at radius 2 is 1.90 bits per heavy atom. The Morgan fingerprint density at radius 3 is 2.43 bits per heavy atom. The van der Waals surface area contributed by atoms with E-state index >= 15 is 0 Å². The lowest BCUT2D eigenvalue weighted by Gasteiger charge is -2.08. The molecule has 0 spiro atoms. The van der Waals surface area contributed by atoms with Crippen molar-refractivity contribution >= 4 is 5.97 Å². The predicted molar refractivity (Wildman–Crippen MR) is 65.1 cm³/mol. The first kappa shape index (κ1) is 14.8. The zero-order chi connectivity index (χ0) is 15.6. The smallest absolute Gasteiger partial charge is 0.452 e. The highest BCUT2D eigenvalue weighted by molar-refractivity contribution is 5.67. The maximum atomic E-state index is 12.7. The fourth-order valence-electron chi connectivity index (χ4n) is 1.79. The Kier molecular flexibility index (Phi) is 3.83. The van der Waals surface area contributed by atoms with Crippen molar-refractivity contribution in [1.82, 2.24) is 14.8 Å². The number of rotatable bonds is 4. The lowest BCUT2D eigenvalue weighted by Crippen LogP contribution is -2.21. The van der Waals surface area contributed by atoms with E-state index in [-0.39, 0.29) is 18.5 Å². The summed E-state index contributed by atoms with van der Waals surface area (Å²) >= 11 is 0. The van der Waals surface area contributed by atoms with E-state index in [1.807, 2.05) is 0 Å². The maximum Gasteiger partial charge on any atom is 0.452 e. The van der Waals surface area contributed by atoms with Crippen molar-refractivity contribution in [3.05, 3.63) is 46.1 Å². The van der Waals surface area contributed by atoms with Crippen molar-refractivity contribution in [1.29, 1.82) is 0 Å². The number of carboxylic acid groups (broad SMARTS) is 1. The molecule has 0 fully saturated rings. The zero-order valence-electron chi connectivity index (χ0n) is 10.5. The Balaban J connectivity index is 2.33. The van der Waals surface area contributed by atoms with Crippen molar-refractivity contribution < 1.29 is 23.1 Å². The van der Waals surface area contributed by atoms with Crippen LogP contribution in [-0.4, -0.2) is 25.8 Å². The Morgan fingerprint density at radius 1 is 1.29 bits per heavy atom. The van der Waals surface area contributed by atoms with E-state index in [0.717, 1.165) is 0 Å². The molecule has 0 bridgehead atoms. The zero-order valence-corrected chi connectivity index (χ0v) is 10.5. The molecule has 1 heterocycles. The average Bonchev–Trinajstić information content (AvgIpc) is 2.79. The third-order valence-corrected chi connectivity index (χ3v) is 2.75. The number of aliphatic carboxylic acids is 1. The largest absolute Gasteiger partial charge is 0.481 e. The molecule has 0 amide bonds. The first-order valence-electron chi connectivity index (χ1n) is 5.85. The molecule has 9 heteroatoms. The van der Waals surface area contributed by atoms with Crippen LogP contribution in [0.4, 0.5) is 13.2 Å². The number of H-pyrrole nitrogens is 1. The van der Waals surface area contributed by atoms with Gasteiger partial charge in [-0.3, -0.25) is 4.79 Å². The number of alkyl halides is 3. The normalized spacial score (nSPS) is 11.6. The molecule has 2 aromatic rings. The molecule has 6 nitrogen and oxygen atoms in total. The van der Waals surface area contributed by atoms with Crippen LogP contribution in [0.5, 0.6) is 0 Å². The summed E-state index contributed by atoms with van der Waals surface area (Å²) in [5, 5.41) is 13.3. The van der Waals surface area contributed by atoms with Gasteiger partial charge in [0.05, 0.1) is 5.69 Å². The first-order valence-corrected chi connectivity index (χ1v) is 5.85. The van der Waals surface area contributed by atoms with Gasteiger partial charge in [-0.2, -0.15) is 13.2 Å². The minimum atomic E-state index is -4.76. The van der Waals surface area contributed by atoms with Crippen LogP contribution < -0.4 is 5.69 Å². The van der Waals surface area contributed by atoms with Crippen molar-refractivity contribution in [3.8, 4) is 5.69 Å². The molecule has 1 aromatic carbocycles. The van der Waals surface area contributed by atoms with Crippen LogP contribution in [0.2, 0.25) is 0 Å². The van der Waals surface area contributed by atoms with Crippen molar-refractivity contribution in [2.75, 3.05) is 0 Å². The quantitative estimate of drug-likeness (QED) is 0.897. The highest BCUT2D eigenvalue weighted by Gasteiger charge is 2.38. The summed E-state index contributed by atoms with van der Waals surface area (Å²) in [4.78, 5) is 21.9. The van der Waals surface area contributed by atoms with Gasteiger partial charge in [0.2, 0.25) is 5.82 Å². The van der Waals surface area contributed by atoms with Crippen molar-refractivity contribution in [2.24, 2.45) is 0 Å². The number of aryl methyl sites for hydroxylation is 1. The molecular formula is C12H10F3N3O3. The monoisotopic (exact) mass is 301 g/mol. The third kappa shape index (κ3) is 3.30. The lowest BCUT2D eigenvalue weighted by atomic mass is 10.1. The van der Waals surface area contributed by atoms with Crippen LogP contribution in [0.15, 0.2) is 29.1 Å². The van der Waals surface area contributed by atoms with Gasteiger partial charge < -0.3 is 5.11 Å². The topological polar surface area (TPSA) is 88.0 Å². The van der Waals surface area contributed by atoms with Gasteiger partial charge in [-0.25, -0.2) is 14.5 Å². The second kappa shape index (κ2) is 5.43. The van der Waals surface area contributed by atoms with Crippen molar-refractivity contribution in [2.45, 2.75) is 19.0 Å². The number of aromatic amines is 1. The molecule has 2 rings (SSSR count). The molecule has 112 valence electrons. The number of nitrogens with one attached hydrogen (secondary N) is 1. The SMILES string of the molecule is O=C(O)CCc1ccc(-n2c(C(F)(F)F)n[nH]c2=O)cc1. The minimum Gasteiger partial charge on any atom is -0.481 e. The second-order valence-electron chi connectivity index (χ2n) is 4.25. The van der Waals surface area contributed by atoms with E-state index in [4.69, 9.17) is 5.11 Å². The maximum absolute atomic E-state index is 12.7. The molecule has 1 aromatic heterocycles. The van der Waals surface area contributed by atoms with Crippen LogP contribution in [0.25, 0.3) is 5.69 Å². The Labute approximate surface area is 115 Å². The Hall–Kier alpha value is -2.58. The van der Waals surface area contributed by atoms with Crippen LogP contribution >= 0.6 is 0 Å². The van der Waals surface area contributed by atoms with Gasteiger partial charge in [0.25, 0.3) is 0 Å². The summed E-state index contributed by atoms with van der Waals surface area (Å²) in [5.74, 6) is -2.31. The Bertz CT molecular complexity index is 701. The minimum absolute atomic E-state index is 0.000139. The molecule has 0 saturated carbocycles. The molecule has 2 N–H and O–H groups in total. The standard InChI is InChI=1S/C12H10F3N3O3/c13-12(14,15)10-16-17-11(21)18(10)8-4-1-7(2-5-8)3-6-9(19)20/h1-2,4-5H,3,6H2,(H,17,21)(H,19,20). The van der Waals surface area contributed by atoms with Crippen LogP contribution in [0.3, 0.4) is 0 Å². The number of aromatic nitrogens is 3. The fraction of sp³-hybridized carbons (Fsp3) is 0.250. The number of hydrogen-bond acceptors (Lipinski definition) is 3. The highest BCUT2D eigenvalue weighted by atomic mass is 19.4. The van der Waals surface area contributed by atoms with Gasteiger partial charge in [-0.15, -0.1) is 5.10 Å².